The zero-order valence-corrected chi connectivity index (χ0v) is 11.7. The standard InChI is InChI=1S/C13H29N3O/c1-4-15-6-7-17-13(10-15)11-16(5-2)9-12(3)8-14/h12-13H,4-11,14H2,1-3H3. The van der Waals surface area contributed by atoms with Crippen molar-refractivity contribution < 1.29 is 4.74 Å². The first kappa shape index (κ1) is 14.9. The number of nitrogens with two attached hydrogens (primary N) is 1. The molecule has 0 amide bonds. The highest BCUT2D eigenvalue weighted by molar-refractivity contribution is 4.75. The highest BCUT2D eigenvalue weighted by atomic mass is 16.5. The van der Waals surface area contributed by atoms with E-state index in [-0.39, 0.29) is 0 Å². The molecule has 1 saturated heterocycles. The van der Waals surface area contributed by atoms with Crippen LogP contribution in [0, 0.1) is 5.92 Å². The van der Waals surface area contributed by atoms with E-state index in [9.17, 15) is 0 Å². The van der Waals surface area contributed by atoms with Crippen molar-refractivity contribution in [3.05, 3.63) is 0 Å². The molecule has 0 aliphatic carbocycles. The minimum absolute atomic E-state index is 0.369. The number of nitrogens with zero attached hydrogens (tertiary/aromatic N) is 2. The van der Waals surface area contributed by atoms with Crippen LogP contribution in [-0.2, 0) is 4.74 Å². The van der Waals surface area contributed by atoms with Crippen LogP contribution in [0.2, 0.25) is 0 Å². The van der Waals surface area contributed by atoms with Gasteiger partial charge in [-0.2, -0.15) is 0 Å². The summed E-state index contributed by atoms with van der Waals surface area (Å²) in [7, 11) is 0. The quantitative estimate of drug-likeness (QED) is 0.712. The van der Waals surface area contributed by atoms with Gasteiger partial charge in [-0.25, -0.2) is 0 Å². The van der Waals surface area contributed by atoms with Crippen molar-refractivity contribution in [3.8, 4) is 0 Å². The number of hydrogen-bond donors (Lipinski definition) is 1. The van der Waals surface area contributed by atoms with Crippen LogP contribution in [0.5, 0.6) is 0 Å². The molecule has 102 valence electrons. The van der Waals surface area contributed by atoms with E-state index in [1.165, 1.54) is 0 Å². The summed E-state index contributed by atoms with van der Waals surface area (Å²) in [4.78, 5) is 4.93. The summed E-state index contributed by atoms with van der Waals surface area (Å²) in [5.41, 5.74) is 5.69. The fourth-order valence-corrected chi connectivity index (χ4v) is 2.31. The smallest absolute Gasteiger partial charge is 0.0829 e. The number of ether oxygens (including phenoxy) is 1. The average Bonchev–Trinajstić information content (AvgIpc) is 2.37. The number of morpholine rings is 1. The molecule has 1 rings (SSSR count). The Kier molecular flexibility index (Phi) is 7.04. The van der Waals surface area contributed by atoms with Crippen LogP contribution in [0.4, 0.5) is 0 Å². The third kappa shape index (κ3) is 5.34. The van der Waals surface area contributed by atoms with Crippen LogP contribution in [0.15, 0.2) is 0 Å². The first-order valence-electron chi connectivity index (χ1n) is 6.95. The summed E-state index contributed by atoms with van der Waals surface area (Å²) >= 11 is 0. The minimum Gasteiger partial charge on any atom is -0.374 e. The Labute approximate surface area is 106 Å². The third-order valence-corrected chi connectivity index (χ3v) is 3.55. The van der Waals surface area contributed by atoms with Crippen molar-refractivity contribution in [2.45, 2.75) is 26.9 Å². The molecule has 2 unspecified atom stereocenters. The Bertz CT molecular complexity index is 199. The maximum atomic E-state index is 5.84. The lowest BCUT2D eigenvalue weighted by molar-refractivity contribution is -0.0424. The molecule has 0 saturated carbocycles. The monoisotopic (exact) mass is 243 g/mol. The molecule has 4 heteroatoms. The second-order valence-corrected chi connectivity index (χ2v) is 5.08. The Morgan fingerprint density at radius 1 is 1.47 bits per heavy atom. The van der Waals surface area contributed by atoms with Crippen LogP contribution >= 0.6 is 0 Å². The Morgan fingerprint density at radius 2 is 2.24 bits per heavy atom. The molecule has 0 bridgehead atoms. The first-order chi connectivity index (χ1) is 8.19. The van der Waals surface area contributed by atoms with Crippen molar-refractivity contribution in [2.75, 3.05) is 52.4 Å². The molecular formula is C13H29N3O. The van der Waals surface area contributed by atoms with Gasteiger partial charge in [0.05, 0.1) is 12.7 Å². The van der Waals surface area contributed by atoms with Gasteiger partial charge in [0.25, 0.3) is 0 Å². The molecule has 1 aliphatic heterocycles. The lowest BCUT2D eigenvalue weighted by Crippen LogP contribution is -2.48. The third-order valence-electron chi connectivity index (χ3n) is 3.55. The van der Waals surface area contributed by atoms with Crippen LogP contribution in [0.3, 0.4) is 0 Å². The molecular weight excluding hydrogens is 214 g/mol. The van der Waals surface area contributed by atoms with E-state index < -0.39 is 0 Å². The van der Waals surface area contributed by atoms with E-state index in [0.29, 0.717) is 12.0 Å². The fourth-order valence-electron chi connectivity index (χ4n) is 2.31. The first-order valence-corrected chi connectivity index (χ1v) is 6.95. The summed E-state index contributed by atoms with van der Waals surface area (Å²) in [6.07, 6.45) is 0.369. The Hall–Kier alpha value is -0.160. The predicted molar refractivity (Wildman–Crippen MR) is 72.2 cm³/mol. The summed E-state index contributed by atoms with van der Waals surface area (Å²) < 4.78 is 5.84. The molecule has 0 aromatic heterocycles. The van der Waals surface area contributed by atoms with E-state index in [4.69, 9.17) is 10.5 Å². The van der Waals surface area contributed by atoms with Crippen LogP contribution in [0.1, 0.15) is 20.8 Å². The molecule has 1 aliphatic rings. The molecule has 2 atom stereocenters. The van der Waals surface area contributed by atoms with Crippen LogP contribution in [0.25, 0.3) is 0 Å². The zero-order chi connectivity index (χ0) is 12.7. The molecule has 0 spiro atoms. The molecule has 0 aromatic rings. The number of likely N-dealkylation sites (N-methyl/N-ethyl adjacent to an activating group) is 2. The molecule has 0 radical (unpaired) electrons. The largest absolute Gasteiger partial charge is 0.374 e. The lowest BCUT2D eigenvalue weighted by Gasteiger charge is -2.35. The van der Waals surface area contributed by atoms with Crippen molar-refractivity contribution in [1.82, 2.24) is 9.80 Å². The van der Waals surface area contributed by atoms with Gasteiger partial charge in [0.1, 0.15) is 0 Å². The topological polar surface area (TPSA) is 41.7 Å². The van der Waals surface area contributed by atoms with Crippen LogP contribution in [-0.4, -0.2) is 68.3 Å². The van der Waals surface area contributed by atoms with Crippen LogP contribution < -0.4 is 5.73 Å². The number of hydrogen-bond acceptors (Lipinski definition) is 4. The van der Waals surface area contributed by atoms with Gasteiger partial charge in [-0.05, 0) is 25.6 Å². The maximum Gasteiger partial charge on any atom is 0.0829 e. The van der Waals surface area contributed by atoms with Gasteiger partial charge >= 0.3 is 0 Å². The van der Waals surface area contributed by atoms with Crippen molar-refractivity contribution >= 4 is 0 Å². The predicted octanol–water partition coefficient (Wildman–Crippen LogP) is 0.624. The summed E-state index contributed by atoms with van der Waals surface area (Å²) in [5, 5.41) is 0. The van der Waals surface area contributed by atoms with Crippen molar-refractivity contribution in [2.24, 2.45) is 11.7 Å². The molecule has 17 heavy (non-hydrogen) atoms. The van der Waals surface area contributed by atoms with E-state index in [1.807, 2.05) is 0 Å². The van der Waals surface area contributed by atoms with Gasteiger partial charge in [0.2, 0.25) is 0 Å². The molecule has 1 fully saturated rings. The van der Waals surface area contributed by atoms with Gasteiger partial charge in [-0.1, -0.05) is 20.8 Å². The van der Waals surface area contributed by atoms with E-state index in [0.717, 1.165) is 52.4 Å². The highest BCUT2D eigenvalue weighted by Crippen LogP contribution is 2.08. The van der Waals surface area contributed by atoms with Crippen molar-refractivity contribution in [3.63, 3.8) is 0 Å². The van der Waals surface area contributed by atoms with Gasteiger partial charge in [-0.15, -0.1) is 0 Å². The SMILES string of the molecule is CCN1CCOC(CN(CC)CC(C)CN)C1. The van der Waals surface area contributed by atoms with Gasteiger partial charge < -0.3 is 15.4 Å². The summed E-state index contributed by atoms with van der Waals surface area (Å²) in [6, 6.07) is 0. The van der Waals surface area contributed by atoms with E-state index in [2.05, 4.69) is 30.6 Å². The minimum atomic E-state index is 0.369. The van der Waals surface area contributed by atoms with E-state index >= 15 is 0 Å². The number of rotatable bonds is 7. The summed E-state index contributed by atoms with van der Waals surface area (Å²) in [6.45, 7) is 14.8. The van der Waals surface area contributed by atoms with Gasteiger partial charge in [-0.3, -0.25) is 4.90 Å². The Morgan fingerprint density at radius 3 is 2.82 bits per heavy atom. The van der Waals surface area contributed by atoms with E-state index in [1.54, 1.807) is 0 Å². The van der Waals surface area contributed by atoms with Crippen molar-refractivity contribution in [1.29, 1.82) is 0 Å². The highest BCUT2D eigenvalue weighted by Gasteiger charge is 2.21. The average molecular weight is 243 g/mol. The molecule has 1 heterocycles. The van der Waals surface area contributed by atoms with Gasteiger partial charge in [0.15, 0.2) is 0 Å². The fraction of sp³-hybridized carbons (Fsp3) is 1.00. The molecule has 2 N–H and O–H groups in total. The zero-order valence-electron chi connectivity index (χ0n) is 11.7. The van der Waals surface area contributed by atoms with Gasteiger partial charge in [0, 0.05) is 26.2 Å². The second kappa shape index (κ2) is 8.03. The molecule has 0 aromatic carbocycles. The molecule has 4 nitrogen and oxygen atoms in total. The maximum absolute atomic E-state index is 5.84. The second-order valence-electron chi connectivity index (χ2n) is 5.08. The lowest BCUT2D eigenvalue weighted by atomic mass is 10.1. The normalized spacial score (nSPS) is 24.2. The summed E-state index contributed by atoms with van der Waals surface area (Å²) in [5.74, 6) is 0.570. The Balaban J connectivity index is 2.33.